The third kappa shape index (κ3) is 3.90. The number of carbonyl (C=O) groups is 1. The maximum Gasteiger partial charge on any atom is 0.245 e. The van der Waals surface area contributed by atoms with Crippen LogP contribution in [-0.2, 0) is 9.63 Å². The van der Waals surface area contributed by atoms with E-state index in [0.717, 1.165) is 5.56 Å². The van der Waals surface area contributed by atoms with Gasteiger partial charge in [0.1, 0.15) is 6.61 Å². The van der Waals surface area contributed by atoms with Crippen molar-refractivity contribution >= 4 is 5.91 Å². The topological polar surface area (TPSA) is 82.8 Å². The molecule has 6 nitrogen and oxygen atoms in total. The first-order valence-corrected chi connectivity index (χ1v) is 5.46. The van der Waals surface area contributed by atoms with Crippen LogP contribution in [0.1, 0.15) is 18.5 Å². The van der Waals surface area contributed by atoms with Crippen LogP contribution in [0.25, 0.3) is 0 Å². The molecule has 0 aromatic heterocycles. The van der Waals surface area contributed by atoms with Crippen LogP contribution < -0.4 is 20.7 Å². The second kappa shape index (κ2) is 6.83. The average molecular weight is 254 g/mol. The van der Waals surface area contributed by atoms with E-state index in [1.165, 1.54) is 0 Å². The maximum atomic E-state index is 10.5. The van der Waals surface area contributed by atoms with E-state index in [-0.39, 0.29) is 12.6 Å². The van der Waals surface area contributed by atoms with Crippen LogP contribution in [0.2, 0.25) is 0 Å². The summed E-state index contributed by atoms with van der Waals surface area (Å²) in [6, 6.07) is 5.42. The number of nitrogens with one attached hydrogen (secondary N) is 1. The molecule has 3 N–H and O–H groups in total. The van der Waals surface area contributed by atoms with E-state index < -0.39 is 5.91 Å². The van der Waals surface area contributed by atoms with Gasteiger partial charge in [-0.1, -0.05) is 6.07 Å². The Balaban J connectivity index is 2.67. The number of hydrogen-bond donors (Lipinski definition) is 2. The highest BCUT2D eigenvalue weighted by Crippen LogP contribution is 2.29. The van der Waals surface area contributed by atoms with Crippen molar-refractivity contribution in [2.45, 2.75) is 13.0 Å². The molecule has 0 spiro atoms. The Bertz CT molecular complexity index is 409. The van der Waals surface area contributed by atoms with Crippen molar-refractivity contribution in [1.29, 1.82) is 0 Å². The van der Waals surface area contributed by atoms with Gasteiger partial charge in [-0.3, -0.25) is 9.63 Å². The van der Waals surface area contributed by atoms with E-state index in [0.29, 0.717) is 11.5 Å². The van der Waals surface area contributed by atoms with Crippen LogP contribution in [0, 0.1) is 0 Å². The van der Waals surface area contributed by atoms with Crippen molar-refractivity contribution in [3.8, 4) is 11.5 Å². The van der Waals surface area contributed by atoms with Gasteiger partial charge in [0, 0.05) is 0 Å². The van der Waals surface area contributed by atoms with Crippen LogP contribution >= 0.6 is 0 Å². The van der Waals surface area contributed by atoms with Gasteiger partial charge in [0.2, 0.25) is 5.91 Å². The summed E-state index contributed by atoms with van der Waals surface area (Å²) in [6.45, 7) is 1.72. The fourth-order valence-electron chi connectivity index (χ4n) is 1.43. The number of nitrogens with two attached hydrogens (primary N) is 1. The lowest BCUT2D eigenvalue weighted by molar-refractivity contribution is -0.126. The highest BCUT2D eigenvalue weighted by Gasteiger charge is 2.10. The second-order valence-electron chi connectivity index (χ2n) is 3.71. The summed E-state index contributed by atoms with van der Waals surface area (Å²) >= 11 is 0. The number of methoxy groups -OCH3 is 2. The van der Waals surface area contributed by atoms with Gasteiger partial charge < -0.3 is 15.2 Å². The van der Waals surface area contributed by atoms with Crippen molar-refractivity contribution in [3.63, 3.8) is 0 Å². The summed E-state index contributed by atoms with van der Waals surface area (Å²) in [5.74, 6) is 0.770. The molecule has 0 radical (unpaired) electrons. The predicted molar refractivity (Wildman–Crippen MR) is 66.2 cm³/mol. The van der Waals surface area contributed by atoms with Crippen LogP contribution in [0.3, 0.4) is 0 Å². The van der Waals surface area contributed by atoms with E-state index in [4.69, 9.17) is 20.0 Å². The predicted octanol–water partition coefficient (Wildman–Crippen LogP) is 0.771. The molecule has 0 bridgehead atoms. The molecule has 1 aromatic rings. The van der Waals surface area contributed by atoms with Crippen LogP contribution in [0.15, 0.2) is 18.2 Å². The third-order valence-corrected chi connectivity index (χ3v) is 2.38. The minimum absolute atomic E-state index is 0.107. The summed E-state index contributed by atoms with van der Waals surface area (Å²) in [7, 11) is 3.15. The third-order valence-electron chi connectivity index (χ3n) is 2.38. The summed E-state index contributed by atoms with van der Waals surface area (Å²) in [5, 5.41) is 0. The molecule has 1 unspecified atom stereocenters. The zero-order valence-corrected chi connectivity index (χ0v) is 10.7. The van der Waals surface area contributed by atoms with E-state index in [2.05, 4.69) is 5.48 Å². The first-order valence-electron chi connectivity index (χ1n) is 5.46. The minimum atomic E-state index is -0.526. The molecule has 1 rings (SSSR count). The molecule has 0 saturated carbocycles. The Kier molecular flexibility index (Phi) is 5.41. The van der Waals surface area contributed by atoms with Crippen molar-refractivity contribution in [2.75, 3.05) is 20.8 Å². The van der Waals surface area contributed by atoms with Gasteiger partial charge in [0.05, 0.1) is 20.3 Å². The van der Waals surface area contributed by atoms with Crippen LogP contribution in [0.4, 0.5) is 0 Å². The molecule has 0 aliphatic rings. The zero-order chi connectivity index (χ0) is 13.5. The van der Waals surface area contributed by atoms with Gasteiger partial charge in [0.25, 0.3) is 0 Å². The highest BCUT2D eigenvalue weighted by atomic mass is 16.6. The molecule has 0 saturated heterocycles. The van der Waals surface area contributed by atoms with Gasteiger partial charge in [0.15, 0.2) is 11.5 Å². The lowest BCUT2D eigenvalue weighted by Gasteiger charge is -2.15. The fourth-order valence-corrected chi connectivity index (χ4v) is 1.43. The molecule has 6 heteroatoms. The first-order chi connectivity index (χ1) is 8.58. The molecule has 1 atom stereocenters. The molecule has 18 heavy (non-hydrogen) atoms. The largest absolute Gasteiger partial charge is 0.493 e. The molecule has 100 valence electrons. The number of primary amides is 1. The molecule has 0 fully saturated rings. The van der Waals surface area contributed by atoms with Gasteiger partial charge >= 0.3 is 0 Å². The first kappa shape index (κ1) is 14.3. The molecule has 0 aliphatic heterocycles. The number of rotatable bonds is 7. The number of ether oxygens (including phenoxy) is 2. The molecular formula is C12H18N2O4. The second-order valence-corrected chi connectivity index (χ2v) is 3.71. The van der Waals surface area contributed by atoms with Crippen LogP contribution in [0.5, 0.6) is 11.5 Å². The Morgan fingerprint density at radius 2 is 2.00 bits per heavy atom. The normalized spacial score (nSPS) is 11.9. The molecule has 0 heterocycles. The highest BCUT2D eigenvalue weighted by molar-refractivity contribution is 5.74. The number of carbonyl (C=O) groups excluding carboxylic acids is 1. The molecule has 1 aromatic carbocycles. The molecule has 0 aliphatic carbocycles. The van der Waals surface area contributed by atoms with Gasteiger partial charge in [-0.25, -0.2) is 0 Å². The SMILES string of the molecule is COc1ccc(C(C)NOCC(N)=O)cc1OC. The lowest BCUT2D eigenvalue weighted by atomic mass is 10.1. The Morgan fingerprint density at radius 1 is 1.33 bits per heavy atom. The van der Waals surface area contributed by atoms with E-state index in [9.17, 15) is 4.79 Å². The van der Waals surface area contributed by atoms with Crippen molar-refractivity contribution in [1.82, 2.24) is 5.48 Å². The summed E-state index contributed by atoms with van der Waals surface area (Å²) in [5.41, 5.74) is 8.62. The van der Waals surface area contributed by atoms with Crippen molar-refractivity contribution < 1.29 is 19.1 Å². The Morgan fingerprint density at radius 3 is 2.56 bits per heavy atom. The Labute approximate surface area is 106 Å². The van der Waals surface area contributed by atoms with Crippen molar-refractivity contribution in [3.05, 3.63) is 23.8 Å². The average Bonchev–Trinajstić information content (AvgIpc) is 2.37. The summed E-state index contributed by atoms with van der Waals surface area (Å²) < 4.78 is 10.3. The summed E-state index contributed by atoms with van der Waals surface area (Å²) in [6.07, 6.45) is 0. The maximum absolute atomic E-state index is 10.5. The van der Waals surface area contributed by atoms with Gasteiger partial charge in [-0.05, 0) is 24.6 Å². The lowest BCUT2D eigenvalue weighted by Crippen LogP contribution is -2.26. The number of amides is 1. The van der Waals surface area contributed by atoms with Gasteiger partial charge in [-0.15, -0.1) is 0 Å². The zero-order valence-electron chi connectivity index (χ0n) is 10.7. The monoisotopic (exact) mass is 254 g/mol. The van der Waals surface area contributed by atoms with E-state index in [1.807, 2.05) is 19.1 Å². The standard InChI is InChI=1S/C12H18N2O4/c1-8(14-18-7-12(13)15)9-4-5-10(16-2)11(6-9)17-3/h4-6,8,14H,7H2,1-3H3,(H2,13,15). The van der Waals surface area contributed by atoms with E-state index >= 15 is 0 Å². The number of hydrogen-bond acceptors (Lipinski definition) is 5. The number of hydroxylamine groups is 1. The quantitative estimate of drug-likeness (QED) is 0.702. The smallest absolute Gasteiger partial charge is 0.245 e. The minimum Gasteiger partial charge on any atom is -0.493 e. The summed E-state index contributed by atoms with van der Waals surface area (Å²) in [4.78, 5) is 15.5. The molecule has 1 amide bonds. The van der Waals surface area contributed by atoms with Gasteiger partial charge in [-0.2, -0.15) is 5.48 Å². The van der Waals surface area contributed by atoms with E-state index in [1.54, 1.807) is 20.3 Å². The molecular weight excluding hydrogens is 236 g/mol. The van der Waals surface area contributed by atoms with Crippen LogP contribution in [-0.4, -0.2) is 26.7 Å². The van der Waals surface area contributed by atoms with Crippen molar-refractivity contribution in [2.24, 2.45) is 5.73 Å². The number of benzene rings is 1. The fraction of sp³-hybridized carbons (Fsp3) is 0.417. The Hall–Kier alpha value is -1.79.